The zero-order valence-electron chi connectivity index (χ0n) is 18.6. The second-order valence-corrected chi connectivity index (χ2v) is 8.01. The van der Waals surface area contributed by atoms with E-state index in [9.17, 15) is 4.79 Å². The number of aryl methyl sites for hydroxylation is 1. The molecule has 162 valence electrons. The van der Waals surface area contributed by atoms with Crippen LogP contribution in [0.5, 0.6) is 0 Å². The number of fused-ring (bicyclic) bond motifs is 1. The van der Waals surface area contributed by atoms with Crippen molar-refractivity contribution >= 4 is 22.4 Å². The van der Waals surface area contributed by atoms with Crippen molar-refractivity contribution in [2.24, 2.45) is 0 Å². The first-order valence-electron chi connectivity index (χ1n) is 10.9. The Morgan fingerprint density at radius 3 is 2.06 bits per heavy atom. The van der Waals surface area contributed by atoms with Gasteiger partial charge >= 0.3 is 0 Å². The molecule has 0 radical (unpaired) electrons. The van der Waals surface area contributed by atoms with E-state index in [-0.39, 0.29) is 11.6 Å². The maximum atomic E-state index is 13.9. The standard InChI is InChI=1S/C28H24N4O/c1-20-30-25-17-16-23(31(2)26-15-9-10-18-29-26)19-24(25)28(33)32(20)27(21-11-5-3-6-12-21)22-13-7-4-8-14-22/h3-19,27H,1-2H3. The Morgan fingerprint density at radius 1 is 0.818 bits per heavy atom. The number of benzene rings is 3. The van der Waals surface area contributed by atoms with Crippen LogP contribution in [0.15, 0.2) is 108 Å². The number of rotatable bonds is 5. The third-order valence-corrected chi connectivity index (χ3v) is 5.93. The number of nitrogens with zero attached hydrogens (tertiary/aromatic N) is 4. The first kappa shape index (κ1) is 20.6. The molecule has 0 aliphatic carbocycles. The molecule has 2 heterocycles. The maximum Gasteiger partial charge on any atom is 0.262 e. The molecule has 0 spiro atoms. The van der Waals surface area contributed by atoms with Crippen molar-refractivity contribution in [3.8, 4) is 0 Å². The van der Waals surface area contributed by atoms with Crippen molar-refractivity contribution in [2.45, 2.75) is 13.0 Å². The molecule has 0 aliphatic rings. The quantitative estimate of drug-likeness (QED) is 0.368. The largest absolute Gasteiger partial charge is 0.329 e. The van der Waals surface area contributed by atoms with Gasteiger partial charge in [0.05, 0.1) is 16.9 Å². The van der Waals surface area contributed by atoms with Gasteiger partial charge in [-0.15, -0.1) is 0 Å². The molecule has 3 aromatic carbocycles. The predicted molar refractivity (Wildman–Crippen MR) is 133 cm³/mol. The van der Waals surface area contributed by atoms with E-state index in [0.29, 0.717) is 16.7 Å². The summed E-state index contributed by atoms with van der Waals surface area (Å²) >= 11 is 0. The van der Waals surface area contributed by atoms with Crippen LogP contribution in [0.2, 0.25) is 0 Å². The van der Waals surface area contributed by atoms with Crippen molar-refractivity contribution in [3.05, 3.63) is 131 Å². The van der Waals surface area contributed by atoms with Gasteiger partial charge in [-0.05, 0) is 48.4 Å². The summed E-state index contributed by atoms with van der Waals surface area (Å²) in [5, 5.41) is 0.581. The van der Waals surface area contributed by atoms with Gasteiger partial charge in [0.15, 0.2) is 0 Å². The monoisotopic (exact) mass is 432 g/mol. The number of pyridine rings is 1. The van der Waals surface area contributed by atoms with Crippen LogP contribution in [-0.2, 0) is 0 Å². The molecule has 0 bridgehead atoms. The van der Waals surface area contributed by atoms with Crippen LogP contribution in [0.25, 0.3) is 10.9 Å². The molecule has 0 aliphatic heterocycles. The molecule has 0 saturated heterocycles. The van der Waals surface area contributed by atoms with Gasteiger partial charge < -0.3 is 4.90 Å². The first-order chi connectivity index (χ1) is 16.1. The molecule has 0 N–H and O–H groups in total. The lowest BCUT2D eigenvalue weighted by Crippen LogP contribution is -2.29. The van der Waals surface area contributed by atoms with Gasteiger partial charge in [0.2, 0.25) is 0 Å². The lowest BCUT2D eigenvalue weighted by atomic mass is 9.98. The third-order valence-electron chi connectivity index (χ3n) is 5.93. The Kier molecular flexibility index (Phi) is 5.45. The summed E-state index contributed by atoms with van der Waals surface area (Å²) in [6, 6.07) is 31.5. The summed E-state index contributed by atoms with van der Waals surface area (Å²) in [6.07, 6.45) is 1.76. The molecular weight excluding hydrogens is 408 g/mol. The highest BCUT2D eigenvalue weighted by Crippen LogP contribution is 2.28. The molecule has 5 aromatic rings. The SMILES string of the molecule is Cc1nc2ccc(N(C)c3ccccn3)cc2c(=O)n1C(c1ccccc1)c1ccccc1. The average molecular weight is 433 g/mol. The van der Waals surface area contributed by atoms with E-state index in [1.54, 1.807) is 10.8 Å². The van der Waals surface area contributed by atoms with Gasteiger partial charge in [0.1, 0.15) is 11.6 Å². The first-order valence-corrected chi connectivity index (χ1v) is 10.9. The average Bonchev–Trinajstić information content (AvgIpc) is 2.87. The molecule has 0 unspecified atom stereocenters. The molecule has 33 heavy (non-hydrogen) atoms. The summed E-state index contributed by atoms with van der Waals surface area (Å²) in [7, 11) is 1.94. The summed E-state index contributed by atoms with van der Waals surface area (Å²) in [5.41, 5.74) is 3.58. The smallest absolute Gasteiger partial charge is 0.262 e. The topological polar surface area (TPSA) is 51.0 Å². The highest BCUT2D eigenvalue weighted by Gasteiger charge is 2.21. The molecular formula is C28H24N4O. The molecule has 0 fully saturated rings. The van der Waals surface area contributed by atoms with E-state index >= 15 is 0 Å². The van der Waals surface area contributed by atoms with Gasteiger partial charge in [0, 0.05) is 18.9 Å². The zero-order chi connectivity index (χ0) is 22.8. The fourth-order valence-electron chi connectivity index (χ4n) is 4.26. The van der Waals surface area contributed by atoms with Gasteiger partial charge in [-0.25, -0.2) is 9.97 Å². The van der Waals surface area contributed by atoms with Crippen LogP contribution in [0.3, 0.4) is 0 Å². The van der Waals surface area contributed by atoms with Crippen LogP contribution < -0.4 is 10.5 Å². The zero-order valence-corrected chi connectivity index (χ0v) is 18.6. The Hall–Kier alpha value is -4.25. The minimum absolute atomic E-state index is 0.0634. The fraction of sp³-hybridized carbons (Fsp3) is 0.107. The van der Waals surface area contributed by atoms with Gasteiger partial charge in [0.25, 0.3) is 5.56 Å². The lowest BCUT2D eigenvalue weighted by Gasteiger charge is -2.24. The Bertz CT molecular complexity index is 1410. The van der Waals surface area contributed by atoms with Crippen molar-refractivity contribution in [2.75, 3.05) is 11.9 Å². The molecule has 5 heteroatoms. The van der Waals surface area contributed by atoms with E-state index in [1.807, 2.05) is 91.7 Å². The summed E-state index contributed by atoms with van der Waals surface area (Å²) in [5.74, 6) is 1.49. The Balaban J connectivity index is 1.71. The molecule has 5 nitrogen and oxygen atoms in total. The van der Waals surface area contributed by atoms with Gasteiger partial charge in [-0.1, -0.05) is 66.7 Å². The van der Waals surface area contributed by atoms with Crippen molar-refractivity contribution < 1.29 is 0 Å². The minimum atomic E-state index is -0.269. The van der Waals surface area contributed by atoms with E-state index < -0.39 is 0 Å². The molecule has 2 aromatic heterocycles. The molecule has 5 rings (SSSR count). The maximum absolute atomic E-state index is 13.9. The predicted octanol–water partition coefficient (Wildman–Crippen LogP) is 5.51. The van der Waals surface area contributed by atoms with Crippen LogP contribution in [-0.4, -0.2) is 21.6 Å². The Labute approximate surface area is 192 Å². The number of aromatic nitrogens is 3. The van der Waals surface area contributed by atoms with E-state index in [0.717, 1.165) is 22.6 Å². The van der Waals surface area contributed by atoms with Crippen molar-refractivity contribution in [3.63, 3.8) is 0 Å². The van der Waals surface area contributed by atoms with E-state index in [4.69, 9.17) is 4.98 Å². The van der Waals surface area contributed by atoms with Gasteiger partial charge in [-0.3, -0.25) is 9.36 Å². The number of hydrogen-bond acceptors (Lipinski definition) is 4. The Morgan fingerprint density at radius 2 is 1.45 bits per heavy atom. The minimum Gasteiger partial charge on any atom is -0.329 e. The summed E-state index contributed by atoms with van der Waals surface area (Å²) < 4.78 is 1.80. The fourth-order valence-corrected chi connectivity index (χ4v) is 4.26. The molecule has 0 saturated carbocycles. The summed E-state index contributed by atoms with van der Waals surface area (Å²) in [4.78, 5) is 25.1. The second-order valence-electron chi connectivity index (χ2n) is 8.01. The van der Waals surface area contributed by atoms with E-state index in [2.05, 4.69) is 29.2 Å². The second kappa shape index (κ2) is 8.71. The number of hydrogen-bond donors (Lipinski definition) is 0. The van der Waals surface area contributed by atoms with Crippen LogP contribution in [0.4, 0.5) is 11.5 Å². The number of anilines is 2. The van der Waals surface area contributed by atoms with Crippen LogP contribution in [0.1, 0.15) is 23.0 Å². The normalized spacial score (nSPS) is 11.1. The lowest BCUT2D eigenvalue weighted by molar-refractivity contribution is 0.620. The van der Waals surface area contributed by atoms with Crippen LogP contribution in [0, 0.1) is 6.92 Å². The van der Waals surface area contributed by atoms with E-state index in [1.165, 1.54) is 0 Å². The van der Waals surface area contributed by atoms with Crippen molar-refractivity contribution in [1.29, 1.82) is 0 Å². The molecule has 0 amide bonds. The highest BCUT2D eigenvalue weighted by molar-refractivity contribution is 5.83. The summed E-state index contributed by atoms with van der Waals surface area (Å²) in [6.45, 7) is 1.90. The van der Waals surface area contributed by atoms with Crippen LogP contribution >= 0.6 is 0 Å². The van der Waals surface area contributed by atoms with Crippen molar-refractivity contribution in [1.82, 2.24) is 14.5 Å². The third kappa shape index (κ3) is 3.89. The highest BCUT2D eigenvalue weighted by atomic mass is 16.1. The van der Waals surface area contributed by atoms with Gasteiger partial charge in [-0.2, -0.15) is 0 Å². The molecule has 0 atom stereocenters.